The van der Waals surface area contributed by atoms with Gasteiger partial charge in [0, 0.05) is 24.5 Å². The van der Waals surface area contributed by atoms with Crippen molar-refractivity contribution in [3.05, 3.63) is 23.9 Å². The van der Waals surface area contributed by atoms with Crippen molar-refractivity contribution in [3.8, 4) is 0 Å². The Bertz CT molecular complexity index is 259. The van der Waals surface area contributed by atoms with Gasteiger partial charge in [0.05, 0.1) is 6.04 Å². The van der Waals surface area contributed by atoms with Gasteiger partial charge in [0.25, 0.3) is 0 Å². The first-order valence-electron chi connectivity index (χ1n) is 3.87. The maximum absolute atomic E-state index is 4.34. The molecule has 0 saturated carbocycles. The summed E-state index contributed by atoms with van der Waals surface area (Å²) in [6.07, 6.45) is 11.9. The van der Waals surface area contributed by atoms with Gasteiger partial charge in [-0.3, -0.25) is 9.98 Å². The molecule has 0 aromatic heterocycles. The Balaban J connectivity index is 2.31. The van der Waals surface area contributed by atoms with Gasteiger partial charge in [-0.25, -0.2) is 0 Å². The molecule has 1 unspecified atom stereocenters. The number of rotatable bonds is 0. The Morgan fingerprint density at radius 3 is 3.36 bits per heavy atom. The Morgan fingerprint density at radius 2 is 2.36 bits per heavy atom. The molecule has 0 spiro atoms. The van der Waals surface area contributed by atoms with Gasteiger partial charge in [0.15, 0.2) is 0 Å². The molecule has 0 amide bonds. The van der Waals surface area contributed by atoms with E-state index in [1.165, 1.54) is 0 Å². The SMILES string of the molecule is C1=CCC2CC(=C1)N=CC=N2. The lowest BCUT2D eigenvalue weighted by molar-refractivity contribution is 0.685. The van der Waals surface area contributed by atoms with Gasteiger partial charge in [-0.05, 0) is 12.5 Å². The second-order valence-electron chi connectivity index (χ2n) is 2.76. The molecule has 0 fully saturated rings. The number of hydrogen-bond donors (Lipinski definition) is 0. The molecule has 1 atom stereocenters. The maximum Gasteiger partial charge on any atom is 0.0590 e. The number of allylic oxidation sites excluding steroid dienone is 2. The average molecular weight is 146 g/mol. The molecular formula is C9H10N2. The predicted molar refractivity (Wildman–Crippen MR) is 47.2 cm³/mol. The number of nitrogens with zero attached hydrogens (tertiary/aromatic N) is 2. The summed E-state index contributed by atoms with van der Waals surface area (Å²) in [6.45, 7) is 0. The van der Waals surface area contributed by atoms with Crippen LogP contribution in [-0.4, -0.2) is 18.5 Å². The monoisotopic (exact) mass is 146 g/mol. The van der Waals surface area contributed by atoms with Crippen molar-refractivity contribution >= 4 is 12.4 Å². The Morgan fingerprint density at radius 1 is 1.36 bits per heavy atom. The first-order chi connectivity index (χ1) is 5.45. The van der Waals surface area contributed by atoms with E-state index in [9.17, 15) is 0 Å². The van der Waals surface area contributed by atoms with Crippen LogP contribution in [0.5, 0.6) is 0 Å². The van der Waals surface area contributed by atoms with Crippen molar-refractivity contribution in [2.45, 2.75) is 18.9 Å². The molecule has 2 bridgehead atoms. The second kappa shape index (κ2) is 2.82. The summed E-state index contributed by atoms with van der Waals surface area (Å²) in [4.78, 5) is 8.58. The van der Waals surface area contributed by atoms with Gasteiger partial charge in [-0.2, -0.15) is 0 Å². The lowest BCUT2D eigenvalue weighted by Crippen LogP contribution is -2.01. The van der Waals surface area contributed by atoms with Gasteiger partial charge >= 0.3 is 0 Å². The van der Waals surface area contributed by atoms with Gasteiger partial charge in [-0.1, -0.05) is 12.2 Å². The van der Waals surface area contributed by atoms with Crippen molar-refractivity contribution < 1.29 is 0 Å². The van der Waals surface area contributed by atoms with Crippen LogP contribution in [0.3, 0.4) is 0 Å². The average Bonchev–Trinajstić information content (AvgIpc) is 2.36. The standard InChI is InChI=1S/C9H10N2/c1-2-4-9-7-8(3-1)10-5-6-11-9/h1-3,5-6,9H,4,7H2. The highest BCUT2D eigenvalue weighted by Gasteiger charge is 2.10. The van der Waals surface area contributed by atoms with Gasteiger partial charge in [0.1, 0.15) is 0 Å². The third kappa shape index (κ3) is 1.45. The predicted octanol–water partition coefficient (Wildman–Crippen LogP) is 1.74. The van der Waals surface area contributed by atoms with Crippen molar-refractivity contribution in [1.82, 2.24) is 0 Å². The molecule has 0 aromatic rings. The largest absolute Gasteiger partial charge is 0.288 e. The van der Waals surface area contributed by atoms with Crippen molar-refractivity contribution in [2.24, 2.45) is 9.98 Å². The van der Waals surface area contributed by atoms with Crippen LogP contribution in [0.25, 0.3) is 0 Å². The molecule has 0 saturated heterocycles. The first kappa shape index (κ1) is 6.53. The summed E-state index contributed by atoms with van der Waals surface area (Å²) in [5.41, 5.74) is 1.14. The lowest BCUT2D eigenvalue weighted by Gasteiger charge is -2.04. The summed E-state index contributed by atoms with van der Waals surface area (Å²) in [5, 5.41) is 0. The smallest absolute Gasteiger partial charge is 0.0590 e. The van der Waals surface area contributed by atoms with Crippen LogP contribution in [0.4, 0.5) is 0 Å². The summed E-state index contributed by atoms with van der Waals surface area (Å²) < 4.78 is 0. The molecule has 11 heavy (non-hydrogen) atoms. The van der Waals surface area contributed by atoms with Gasteiger partial charge < -0.3 is 0 Å². The Labute approximate surface area is 66.1 Å². The van der Waals surface area contributed by atoms with E-state index < -0.39 is 0 Å². The van der Waals surface area contributed by atoms with Crippen LogP contribution in [0.2, 0.25) is 0 Å². The molecule has 0 N–H and O–H groups in total. The summed E-state index contributed by atoms with van der Waals surface area (Å²) >= 11 is 0. The van der Waals surface area contributed by atoms with E-state index in [-0.39, 0.29) is 0 Å². The van der Waals surface area contributed by atoms with Crippen LogP contribution in [0.1, 0.15) is 12.8 Å². The molecule has 0 radical (unpaired) electrons. The highest BCUT2D eigenvalue weighted by molar-refractivity contribution is 6.16. The second-order valence-corrected chi connectivity index (χ2v) is 2.76. The highest BCUT2D eigenvalue weighted by atomic mass is 14.8. The molecule has 1 aliphatic carbocycles. The van der Waals surface area contributed by atoms with Crippen LogP contribution in [0.15, 0.2) is 33.9 Å². The Kier molecular flexibility index (Phi) is 1.68. The minimum absolute atomic E-state index is 0.419. The molecule has 56 valence electrons. The number of hydrogen-bond acceptors (Lipinski definition) is 2. The fraction of sp³-hybridized carbons (Fsp3) is 0.333. The molecule has 2 heteroatoms. The van der Waals surface area contributed by atoms with E-state index in [4.69, 9.17) is 0 Å². The first-order valence-corrected chi connectivity index (χ1v) is 3.87. The fourth-order valence-corrected chi connectivity index (χ4v) is 1.31. The minimum atomic E-state index is 0.419. The van der Waals surface area contributed by atoms with Crippen LogP contribution in [-0.2, 0) is 0 Å². The lowest BCUT2D eigenvalue weighted by atomic mass is 10.1. The van der Waals surface area contributed by atoms with Crippen molar-refractivity contribution in [2.75, 3.05) is 0 Å². The summed E-state index contributed by atoms with van der Waals surface area (Å²) in [5.74, 6) is 0. The van der Waals surface area contributed by atoms with Gasteiger partial charge in [-0.15, -0.1) is 0 Å². The zero-order valence-electron chi connectivity index (χ0n) is 6.27. The molecule has 0 aromatic carbocycles. The molecule has 2 aliphatic rings. The minimum Gasteiger partial charge on any atom is -0.288 e. The van der Waals surface area contributed by atoms with E-state index in [0.29, 0.717) is 6.04 Å². The maximum atomic E-state index is 4.34. The van der Waals surface area contributed by atoms with Gasteiger partial charge in [0.2, 0.25) is 0 Å². The quantitative estimate of drug-likeness (QED) is 0.497. The fourth-order valence-electron chi connectivity index (χ4n) is 1.31. The van der Waals surface area contributed by atoms with E-state index in [0.717, 1.165) is 18.5 Å². The van der Waals surface area contributed by atoms with E-state index in [1.54, 1.807) is 12.4 Å². The molecule has 1 heterocycles. The molecule has 2 rings (SSSR count). The highest BCUT2D eigenvalue weighted by Crippen LogP contribution is 2.17. The van der Waals surface area contributed by atoms with Crippen LogP contribution < -0.4 is 0 Å². The third-order valence-electron chi connectivity index (χ3n) is 1.88. The van der Waals surface area contributed by atoms with Crippen LogP contribution in [0, 0.1) is 0 Å². The molecular weight excluding hydrogens is 136 g/mol. The van der Waals surface area contributed by atoms with E-state index in [2.05, 4.69) is 28.2 Å². The van der Waals surface area contributed by atoms with Crippen LogP contribution >= 0.6 is 0 Å². The molecule has 2 nitrogen and oxygen atoms in total. The van der Waals surface area contributed by atoms with Crippen molar-refractivity contribution in [1.29, 1.82) is 0 Å². The van der Waals surface area contributed by atoms with Crippen molar-refractivity contribution in [3.63, 3.8) is 0 Å². The Hall–Kier alpha value is -1.18. The summed E-state index contributed by atoms with van der Waals surface area (Å²) in [6, 6.07) is 0.419. The number of fused-ring (bicyclic) bond motifs is 2. The number of aliphatic imine (C=N–C) groups is 2. The van der Waals surface area contributed by atoms with E-state index >= 15 is 0 Å². The normalized spacial score (nSPS) is 27.6. The zero-order valence-corrected chi connectivity index (χ0v) is 6.27. The zero-order chi connectivity index (χ0) is 7.52. The topological polar surface area (TPSA) is 24.7 Å². The third-order valence-corrected chi connectivity index (χ3v) is 1.88. The summed E-state index contributed by atoms with van der Waals surface area (Å²) in [7, 11) is 0. The molecule has 1 aliphatic heterocycles. The van der Waals surface area contributed by atoms with E-state index in [1.807, 2.05) is 0 Å².